The lowest BCUT2D eigenvalue weighted by Crippen LogP contribution is -2.10. The second-order valence-corrected chi connectivity index (χ2v) is 4.28. The second-order valence-electron chi connectivity index (χ2n) is 4.28. The Balaban J connectivity index is 2.30. The molecule has 0 aliphatic carbocycles. The van der Waals surface area contributed by atoms with Crippen LogP contribution in [0.4, 0.5) is 17.5 Å². The number of pyridine rings is 1. The zero-order valence-electron chi connectivity index (χ0n) is 11.1. The van der Waals surface area contributed by atoms with Gasteiger partial charge in [0.1, 0.15) is 5.69 Å². The van der Waals surface area contributed by atoms with Crippen molar-refractivity contribution in [2.24, 2.45) is 0 Å². The van der Waals surface area contributed by atoms with Crippen LogP contribution in [0.5, 0.6) is 0 Å². The van der Waals surface area contributed by atoms with E-state index in [1.165, 1.54) is 6.92 Å². The molecule has 0 saturated carbocycles. The Morgan fingerprint density at radius 3 is 2.80 bits per heavy atom. The van der Waals surface area contributed by atoms with Crippen LogP contribution in [-0.4, -0.2) is 19.9 Å². The van der Waals surface area contributed by atoms with Crippen molar-refractivity contribution in [2.45, 2.75) is 20.4 Å². The highest BCUT2D eigenvalue weighted by Gasteiger charge is 2.21. The van der Waals surface area contributed by atoms with E-state index in [0.29, 0.717) is 6.54 Å². The number of hydrogen-bond donors (Lipinski definition) is 2. The molecule has 0 fully saturated rings. The summed E-state index contributed by atoms with van der Waals surface area (Å²) >= 11 is 0. The van der Waals surface area contributed by atoms with Crippen LogP contribution in [0.25, 0.3) is 0 Å². The van der Waals surface area contributed by atoms with E-state index in [-0.39, 0.29) is 23.1 Å². The van der Waals surface area contributed by atoms with E-state index in [0.717, 1.165) is 11.1 Å². The van der Waals surface area contributed by atoms with Crippen molar-refractivity contribution in [1.29, 1.82) is 0 Å². The van der Waals surface area contributed by atoms with Gasteiger partial charge in [0.25, 0.3) is 0 Å². The fraction of sp³-hybridized carbons (Fsp3) is 0.250. The van der Waals surface area contributed by atoms with Crippen LogP contribution in [0.3, 0.4) is 0 Å². The average molecular weight is 274 g/mol. The third kappa shape index (κ3) is 2.79. The van der Waals surface area contributed by atoms with Crippen LogP contribution >= 0.6 is 0 Å². The number of aryl methyl sites for hydroxylation is 2. The largest absolute Gasteiger partial charge is 0.368 e. The Labute approximate surface area is 115 Å². The van der Waals surface area contributed by atoms with Crippen LogP contribution in [0.15, 0.2) is 18.5 Å². The Bertz CT molecular complexity index is 658. The molecule has 2 heterocycles. The molecule has 2 aromatic rings. The molecular formula is C12H14N6O2. The molecule has 0 spiro atoms. The standard InChI is InChI=1S/C12H14N6O2/c1-7-3-4-14-5-9(7)6-15-11-10(18(19)20)8(2)16-12(13)17-11/h3-5H,6H2,1-2H3,(H3,13,15,16,17). The van der Waals surface area contributed by atoms with E-state index in [1.54, 1.807) is 12.4 Å². The molecule has 0 radical (unpaired) electrons. The molecule has 20 heavy (non-hydrogen) atoms. The smallest absolute Gasteiger partial charge is 0.332 e. The molecule has 2 rings (SSSR count). The first kappa shape index (κ1) is 13.7. The van der Waals surface area contributed by atoms with Gasteiger partial charge >= 0.3 is 5.69 Å². The molecule has 0 atom stereocenters. The molecule has 0 unspecified atom stereocenters. The van der Waals surface area contributed by atoms with Gasteiger partial charge in [0, 0.05) is 18.9 Å². The van der Waals surface area contributed by atoms with Gasteiger partial charge in [-0.1, -0.05) is 0 Å². The topological polar surface area (TPSA) is 120 Å². The fourth-order valence-corrected chi connectivity index (χ4v) is 1.79. The van der Waals surface area contributed by atoms with Crippen molar-refractivity contribution in [3.8, 4) is 0 Å². The van der Waals surface area contributed by atoms with Crippen LogP contribution in [0.2, 0.25) is 0 Å². The predicted molar refractivity (Wildman–Crippen MR) is 74.1 cm³/mol. The number of nitrogens with one attached hydrogen (secondary N) is 1. The number of aromatic nitrogens is 3. The molecule has 8 nitrogen and oxygen atoms in total. The van der Waals surface area contributed by atoms with Gasteiger partial charge in [-0.25, -0.2) is 4.98 Å². The number of nitrogen functional groups attached to an aromatic ring is 1. The first-order valence-corrected chi connectivity index (χ1v) is 5.91. The molecule has 2 aromatic heterocycles. The van der Waals surface area contributed by atoms with Crippen LogP contribution < -0.4 is 11.1 Å². The number of anilines is 2. The summed E-state index contributed by atoms with van der Waals surface area (Å²) < 4.78 is 0. The third-order valence-electron chi connectivity index (χ3n) is 2.85. The van der Waals surface area contributed by atoms with Crippen molar-refractivity contribution < 1.29 is 4.92 Å². The van der Waals surface area contributed by atoms with E-state index < -0.39 is 4.92 Å². The van der Waals surface area contributed by atoms with Crippen LogP contribution in [0.1, 0.15) is 16.8 Å². The SMILES string of the molecule is Cc1ccncc1CNc1nc(N)nc(C)c1[N+](=O)[O-]. The van der Waals surface area contributed by atoms with E-state index in [1.807, 2.05) is 13.0 Å². The summed E-state index contributed by atoms with van der Waals surface area (Å²) in [5.74, 6) is 0.113. The molecule has 8 heteroatoms. The number of rotatable bonds is 4. The van der Waals surface area contributed by atoms with E-state index in [9.17, 15) is 10.1 Å². The van der Waals surface area contributed by atoms with Gasteiger partial charge in [0.2, 0.25) is 11.8 Å². The zero-order chi connectivity index (χ0) is 14.7. The molecule has 0 aliphatic rings. The predicted octanol–water partition coefficient (Wildman–Crippen LogP) is 1.59. The third-order valence-corrected chi connectivity index (χ3v) is 2.85. The van der Waals surface area contributed by atoms with Gasteiger partial charge in [0.05, 0.1) is 4.92 Å². The first-order valence-electron chi connectivity index (χ1n) is 5.91. The molecule has 0 bridgehead atoms. The second kappa shape index (κ2) is 5.47. The van der Waals surface area contributed by atoms with Crippen molar-refractivity contribution >= 4 is 17.5 Å². The summed E-state index contributed by atoms with van der Waals surface area (Å²) in [6.45, 7) is 3.83. The number of hydrogen-bond acceptors (Lipinski definition) is 7. The lowest BCUT2D eigenvalue weighted by Gasteiger charge is -2.09. The number of nitrogens with zero attached hydrogens (tertiary/aromatic N) is 4. The average Bonchev–Trinajstić information content (AvgIpc) is 2.36. The van der Waals surface area contributed by atoms with Gasteiger partial charge in [-0.2, -0.15) is 4.98 Å². The maximum Gasteiger partial charge on any atom is 0.332 e. The Kier molecular flexibility index (Phi) is 3.74. The molecule has 0 saturated heterocycles. The number of nitrogens with two attached hydrogens (primary N) is 1. The maximum atomic E-state index is 11.1. The zero-order valence-corrected chi connectivity index (χ0v) is 11.1. The van der Waals surface area contributed by atoms with Gasteiger partial charge < -0.3 is 11.1 Å². The van der Waals surface area contributed by atoms with Crippen molar-refractivity contribution in [3.05, 3.63) is 45.4 Å². The first-order chi connectivity index (χ1) is 9.49. The fourth-order valence-electron chi connectivity index (χ4n) is 1.79. The minimum atomic E-state index is -0.521. The highest BCUT2D eigenvalue weighted by atomic mass is 16.6. The number of nitro groups is 1. The molecule has 0 aliphatic heterocycles. The Morgan fingerprint density at radius 1 is 1.40 bits per heavy atom. The van der Waals surface area contributed by atoms with Gasteiger partial charge in [-0.05, 0) is 31.0 Å². The van der Waals surface area contributed by atoms with E-state index in [2.05, 4.69) is 20.3 Å². The van der Waals surface area contributed by atoms with Crippen molar-refractivity contribution in [3.63, 3.8) is 0 Å². The van der Waals surface area contributed by atoms with Crippen molar-refractivity contribution in [1.82, 2.24) is 15.0 Å². The minimum absolute atomic E-state index is 0.00138. The summed E-state index contributed by atoms with van der Waals surface area (Å²) in [7, 11) is 0. The van der Waals surface area contributed by atoms with Crippen LogP contribution in [-0.2, 0) is 6.54 Å². The molecule has 104 valence electrons. The van der Waals surface area contributed by atoms with Gasteiger partial charge in [-0.3, -0.25) is 15.1 Å². The Morgan fingerprint density at radius 2 is 2.15 bits per heavy atom. The molecule has 3 N–H and O–H groups in total. The molecule has 0 aromatic carbocycles. The molecule has 0 amide bonds. The summed E-state index contributed by atoms with van der Waals surface area (Å²) in [6.07, 6.45) is 3.39. The summed E-state index contributed by atoms with van der Waals surface area (Å²) in [5, 5.41) is 14.0. The molecular weight excluding hydrogens is 260 g/mol. The van der Waals surface area contributed by atoms with Crippen molar-refractivity contribution in [2.75, 3.05) is 11.1 Å². The summed E-state index contributed by atoms with van der Waals surface area (Å²) in [5.41, 5.74) is 7.56. The lowest BCUT2D eigenvalue weighted by molar-refractivity contribution is -0.385. The quantitative estimate of drug-likeness (QED) is 0.641. The van der Waals surface area contributed by atoms with Gasteiger partial charge in [0.15, 0.2) is 0 Å². The van der Waals surface area contributed by atoms with Crippen LogP contribution in [0, 0.1) is 24.0 Å². The highest BCUT2D eigenvalue weighted by molar-refractivity contribution is 5.60. The van der Waals surface area contributed by atoms with E-state index in [4.69, 9.17) is 5.73 Å². The summed E-state index contributed by atoms with van der Waals surface area (Å²) in [6, 6.07) is 1.87. The lowest BCUT2D eigenvalue weighted by atomic mass is 10.1. The normalized spacial score (nSPS) is 10.3. The monoisotopic (exact) mass is 274 g/mol. The summed E-state index contributed by atoms with van der Waals surface area (Å²) in [4.78, 5) is 22.3. The Hall–Kier alpha value is -2.77. The van der Waals surface area contributed by atoms with Gasteiger partial charge in [-0.15, -0.1) is 0 Å². The van der Waals surface area contributed by atoms with E-state index >= 15 is 0 Å². The maximum absolute atomic E-state index is 11.1. The highest BCUT2D eigenvalue weighted by Crippen LogP contribution is 2.26. The minimum Gasteiger partial charge on any atom is -0.368 e.